The van der Waals surface area contributed by atoms with Crippen LogP contribution >= 0.6 is 22.9 Å². The molecule has 0 bridgehead atoms. The summed E-state index contributed by atoms with van der Waals surface area (Å²) in [7, 11) is 1.55. The molecule has 0 radical (unpaired) electrons. The van der Waals surface area contributed by atoms with E-state index in [1.807, 2.05) is 6.92 Å². The number of anilines is 1. The van der Waals surface area contributed by atoms with Gasteiger partial charge >= 0.3 is 0 Å². The molecule has 7 heteroatoms. The highest BCUT2D eigenvalue weighted by Gasteiger charge is 2.29. The molecule has 1 aliphatic heterocycles. The van der Waals surface area contributed by atoms with Crippen LogP contribution in [0, 0.1) is 13.8 Å². The van der Waals surface area contributed by atoms with Crippen LogP contribution in [-0.4, -0.2) is 37.3 Å². The normalized spacial score (nSPS) is 16.3. The van der Waals surface area contributed by atoms with Crippen LogP contribution in [0.4, 0.5) is 5.13 Å². The number of carbonyl (C=O) groups is 1. The predicted molar refractivity (Wildman–Crippen MR) is 118 cm³/mol. The van der Waals surface area contributed by atoms with Crippen LogP contribution in [0.15, 0.2) is 30.3 Å². The van der Waals surface area contributed by atoms with Gasteiger partial charge in [0.1, 0.15) is 5.75 Å². The van der Waals surface area contributed by atoms with Gasteiger partial charge in [0.15, 0.2) is 5.13 Å². The van der Waals surface area contributed by atoms with E-state index < -0.39 is 0 Å². The lowest BCUT2D eigenvalue weighted by Gasteiger charge is -2.24. The summed E-state index contributed by atoms with van der Waals surface area (Å²) in [5, 5.41) is 1.15. The van der Waals surface area contributed by atoms with Crippen molar-refractivity contribution in [3.63, 3.8) is 0 Å². The summed E-state index contributed by atoms with van der Waals surface area (Å²) in [4.78, 5) is 20.2. The van der Waals surface area contributed by atoms with Crippen molar-refractivity contribution < 1.29 is 14.3 Å². The molecule has 2 aromatic carbocycles. The van der Waals surface area contributed by atoms with Crippen LogP contribution in [0.2, 0.25) is 5.02 Å². The lowest BCUT2D eigenvalue weighted by atomic mass is 10.1. The topological polar surface area (TPSA) is 51.7 Å². The van der Waals surface area contributed by atoms with Gasteiger partial charge in [-0.1, -0.05) is 35.1 Å². The summed E-state index contributed by atoms with van der Waals surface area (Å²) in [5.41, 5.74) is 3.61. The van der Waals surface area contributed by atoms with E-state index in [0.29, 0.717) is 28.0 Å². The van der Waals surface area contributed by atoms with Crippen LogP contribution in [0.25, 0.3) is 10.2 Å². The molecule has 0 spiro atoms. The molecular formula is C22H23ClN2O3S. The van der Waals surface area contributed by atoms with Crippen molar-refractivity contribution in [2.24, 2.45) is 0 Å². The highest BCUT2D eigenvalue weighted by atomic mass is 35.5. The van der Waals surface area contributed by atoms with Crippen LogP contribution in [0.1, 0.15) is 34.3 Å². The van der Waals surface area contributed by atoms with Gasteiger partial charge < -0.3 is 9.47 Å². The van der Waals surface area contributed by atoms with Crippen molar-refractivity contribution in [3.05, 3.63) is 52.0 Å². The lowest BCUT2D eigenvalue weighted by Crippen LogP contribution is -2.37. The Labute approximate surface area is 179 Å². The van der Waals surface area contributed by atoms with E-state index in [9.17, 15) is 4.79 Å². The first-order chi connectivity index (χ1) is 14.0. The second kappa shape index (κ2) is 8.30. The monoisotopic (exact) mass is 430 g/mol. The number of amides is 1. The Kier molecular flexibility index (Phi) is 5.76. The van der Waals surface area contributed by atoms with E-state index in [2.05, 4.69) is 19.1 Å². The second-order valence-corrected chi connectivity index (χ2v) is 8.68. The average molecular weight is 431 g/mol. The number of thiazole rings is 1. The van der Waals surface area contributed by atoms with Gasteiger partial charge in [0.05, 0.1) is 35.5 Å². The Hall–Kier alpha value is -2.15. The third kappa shape index (κ3) is 3.97. The molecule has 0 N–H and O–H groups in total. The van der Waals surface area contributed by atoms with E-state index in [-0.39, 0.29) is 12.0 Å². The minimum atomic E-state index is -0.186. The predicted octanol–water partition coefficient (Wildman–Crippen LogP) is 5.40. The maximum Gasteiger partial charge on any atom is 0.263 e. The molecule has 152 valence electrons. The smallest absolute Gasteiger partial charge is 0.263 e. The van der Waals surface area contributed by atoms with Gasteiger partial charge in [-0.25, -0.2) is 4.98 Å². The molecule has 3 aromatic rings. The third-order valence-electron chi connectivity index (χ3n) is 5.21. The Morgan fingerprint density at radius 1 is 1.31 bits per heavy atom. The minimum Gasteiger partial charge on any atom is -0.496 e. The number of benzene rings is 2. The fraction of sp³-hybridized carbons (Fsp3) is 0.364. The van der Waals surface area contributed by atoms with Crippen LogP contribution in [-0.2, 0) is 4.74 Å². The Morgan fingerprint density at radius 2 is 2.10 bits per heavy atom. The number of aryl methyl sites for hydroxylation is 2. The maximum atomic E-state index is 13.6. The van der Waals surface area contributed by atoms with Crippen molar-refractivity contribution >= 4 is 44.2 Å². The second-order valence-electron chi connectivity index (χ2n) is 7.27. The summed E-state index contributed by atoms with van der Waals surface area (Å²) in [6.45, 7) is 5.28. The summed E-state index contributed by atoms with van der Waals surface area (Å²) in [6, 6.07) is 9.23. The van der Waals surface area contributed by atoms with Gasteiger partial charge in [-0.2, -0.15) is 0 Å². The summed E-state index contributed by atoms with van der Waals surface area (Å²) < 4.78 is 12.3. The van der Waals surface area contributed by atoms with Gasteiger partial charge in [-0.05, 0) is 56.0 Å². The minimum absolute atomic E-state index is 0.00154. The zero-order chi connectivity index (χ0) is 20.5. The lowest BCUT2D eigenvalue weighted by molar-refractivity contribution is 0.0915. The number of halogens is 1. The Bertz CT molecular complexity index is 1020. The van der Waals surface area contributed by atoms with Crippen molar-refractivity contribution in [2.45, 2.75) is 32.8 Å². The van der Waals surface area contributed by atoms with Gasteiger partial charge in [-0.15, -0.1) is 0 Å². The molecule has 0 aliphatic carbocycles. The standard InChI is InChI=1S/C22H23ClN2O3S/c1-13-6-7-14(2)20-19(13)24-22(29-20)25(12-16-5-4-10-28-16)21(26)17-11-15(23)8-9-18(17)27-3/h6-9,11,16H,4-5,10,12H2,1-3H3. The molecule has 29 heavy (non-hydrogen) atoms. The Balaban J connectivity index is 1.80. The number of fused-ring (bicyclic) bond motifs is 1. The van der Waals surface area contributed by atoms with Crippen molar-refractivity contribution in [1.82, 2.24) is 4.98 Å². The van der Waals surface area contributed by atoms with Gasteiger partial charge in [0.2, 0.25) is 0 Å². The van der Waals surface area contributed by atoms with E-state index >= 15 is 0 Å². The summed E-state index contributed by atoms with van der Waals surface area (Å²) >= 11 is 7.72. The van der Waals surface area contributed by atoms with E-state index in [1.165, 1.54) is 11.3 Å². The fourth-order valence-electron chi connectivity index (χ4n) is 3.60. The molecule has 1 unspecified atom stereocenters. The zero-order valence-corrected chi connectivity index (χ0v) is 18.3. The summed E-state index contributed by atoms with van der Waals surface area (Å²) in [5.74, 6) is 0.305. The molecule has 2 heterocycles. The fourth-order valence-corrected chi connectivity index (χ4v) is 4.89. The zero-order valence-electron chi connectivity index (χ0n) is 16.7. The number of rotatable bonds is 5. The van der Waals surface area contributed by atoms with E-state index in [1.54, 1.807) is 30.2 Å². The van der Waals surface area contributed by atoms with Gasteiger partial charge in [-0.3, -0.25) is 9.69 Å². The highest BCUT2D eigenvalue weighted by molar-refractivity contribution is 7.22. The molecule has 1 aliphatic rings. The SMILES string of the molecule is COc1ccc(Cl)cc1C(=O)N(CC1CCCO1)c1nc2c(C)ccc(C)c2s1. The molecule has 1 aromatic heterocycles. The first-order valence-corrected chi connectivity index (χ1v) is 10.8. The van der Waals surface area contributed by atoms with Crippen molar-refractivity contribution in [1.29, 1.82) is 0 Å². The molecule has 1 saturated heterocycles. The number of hydrogen-bond acceptors (Lipinski definition) is 5. The van der Waals surface area contributed by atoms with Crippen molar-refractivity contribution in [2.75, 3.05) is 25.2 Å². The van der Waals surface area contributed by atoms with E-state index in [4.69, 9.17) is 26.1 Å². The van der Waals surface area contributed by atoms with Crippen LogP contribution in [0.3, 0.4) is 0 Å². The van der Waals surface area contributed by atoms with Crippen LogP contribution in [0.5, 0.6) is 5.75 Å². The maximum absolute atomic E-state index is 13.6. The highest BCUT2D eigenvalue weighted by Crippen LogP contribution is 2.35. The molecule has 5 nitrogen and oxygen atoms in total. The molecule has 1 amide bonds. The molecule has 0 saturated carbocycles. The molecule has 4 rings (SSSR count). The van der Waals surface area contributed by atoms with Crippen LogP contribution < -0.4 is 9.64 Å². The van der Waals surface area contributed by atoms with Crippen molar-refractivity contribution in [3.8, 4) is 5.75 Å². The number of carbonyl (C=O) groups excluding carboxylic acids is 1. The summed E-state index contributed by atoms with van der Waals surface area (Å²) in [6.07, 6.45) is 1.93. The first kappa shape index (κ1) is 20.1. The number of nitrogens with zero attached hydrogens (tertiary/aromatic N) is 2. The number of aromatic nitrogens is 1. The molecular weight excluding hydrogens is 408 g/mol. The molecule has 1 atom stereocenters. The number of ether oxygens (including phenoxy) is 2. The molecule has 1 fully saturated rings. The van der Waals surface area contributed by atoms with Gasteiger partial charge in [0.25, 0.3) is 5.91 Å². The van der Waals surface area contributed by atoms with Gasteiger partial charge in [0, 0.05) is 11.6 Å². The average Bonchev–Trinajstić information content (AvgIpc) is 3.39. The third-order valence-corrected chi connectivity index (χ3v) is 6.66. The quantitative estimate of drug-likeness (QED) is 0.543. The Morgan fingerprint density at radius 3 is 2.79 bits per heavy atom. The van der Waals surface area contributed by atoms with E-state index in [0.717, 1.165) is 40.8 Å². The first-order valence-electron chi connectivity index (χ1n) is 9.61. The number of hydrogen-bond donors (Lipinski definition) is 0. The number of methoxy groups -OCH3 is 1. The largest absolute Gasteiger partial charge is 0.496 e.